The third kappa shape index (κ3) is 5.15. The monoisotopic (exact) mass is 402 g/mol. The normalized spacial score (nSPS) is 11.1. The maximum atomic E-state index is 13.0. The second-order valence-corrected chi connectivity index (χ2v) is 6.88. The van der Waals surface area contributed by atoms with E-state index in [1.54, 1.807) is 18.2 Å². The molecule has 0 aliphatic rings. The lowest BCUT2D eigenvalue weighted by Crippen LogP contribution is -2.34. The summed E-state index contributed by atoms with van der Waals surface area (Å²) in [5, 5.41) is 3.70. The second-order valence-electron chi connectivity index (χ2n) is 6.44. The van der Waals surface area contributed by atoms with Crippen molar-refractivity contribution < 1.29 is 9.18 Å². The highest BCUT2D eigenvalue weighted by atomic mass is 35.5. The van der Waals surface area contributed by atoms with Crippen LogP contribution in [0.4, 0.5) is 10.1 Å². The zero-order chi connectivity index (χ0) is 20.1. The van der Waals surface area contributed by atoms with E-state index in [-0.39, 0.29) is 23.8 Å². The van der Waals surface area contributed by atoms with Gasteiger partial charge in [0.05, 0.1) is 24.0 Å². The number of aromatic amines is 1. The Bertz CT molecular complexity index is 1040. The van der Waals surface area contributed by atoms with E-state index in [1.807, 2.05) is 11.8 Å². The van der Waals surface area contributed by atoms with Crippen molar-refractivity contribution in [3.05, 3.63) is 69.5 Å². The molecule has 2 N–H and O–H groups in total. The fraction of sp³-hybridized carbons (Fsp3) is 0.250. The van der Waals surface area contributed by atoms with Gasteiger partial charge in [-0.1, -0.05) is 18.5 Å². The van der Waals surface area contributed by atoms with Gasteiger partial charge in [-0.05, 0) is 55.4 Å². The molecule has 28 heavy (non-hydrogen) atoms. The summed E-state index contributed by atoms with van der Waals surface area (Å²) in [4.78, 5) is 33.7. The summed E-state index contributed by atoms with van der Waals surface area (Å²) in [7, 11) is 0. The van der Waals surface area contributed by atoms with Gasteiger partial charge in [-0.25, -0.2) is 9.37 Å². The van der Waals surface area contributed by atoms with Crippen molar-refractivity contribution in [1.82, 2.24) is 14.9 Å². The molecular formula is C20H20ClFN4O2. The Morgan fingerprint density at radius 2 is 2.00 bits per heavy atom. The number of nitrogens with zero attached hydrogens (tertiary/aromatic N) is 2. The number of aromatic nitrogens is 2. The number of carbonyl (C=O) groups excluding carboxylic acids is 1. The SMILES string of the molecule is CCCN(CC(=O)Nc1ccc(F)cc1)Cc1nc2cc(Cl)ccc2c(=O)[nH]1. The predicted octanol–water partition coefficient (Wildman–Crippen LogP) is 3.57. The van der Waals surface area contributed by atoms with Crippen molar-refractivity contribution in [3.8, 4) is 0 Å². The molecule has 6 nitrogen and oxygen atoms in total. The van der Waals surface area contributed by atoms with E-state index >= 15 is 0 Å². The van der Waals surface area contributed by atoms with Crippen LogP contribution >= 0.6 is 11.6 Å². The van der Waals surface area contributed by atoms with Gasteiger partial charge in [0, 0.05) is 10.7 Å². The van der Waals surface area contributed by atoms with Crippen molar-refractivity contribution in [2.24, 2.45) is 0 Å². The molecule has 0 saturated carbocycles. The Kier molecular flexibility index (Phi) is 6.38. The highest BCUT2D eigenvalue weighted by Crippen LogP contribution is 2.15. The Morgan fingerprint density at radius 3 is 2.71 bits per heavy atom. The van der Waals surface area contributed by atoms with E-state index in [2.05, 4.69) is 15.3 Å². The van der Waals surface area contributed by atoms with Gasteiger partial charge in [0.2, 0.25) is 5.91 Å². The third-order valence-corrected chi connectivity index (χ3v) is 4.36. The number of nitrogens with one attached hydrogen (secondary N) is 2. The number of fused-ring (bicyclic) bond motifs is 1. The van der Waals surface area contributed by atoms with Gasteiger partial charge >= 0.3 is 0 Å². The van der Waals surface area contributed by atoms with Gasteiger partial charge in [-0.3, -0.25) is 14.5 Å². The molecule has 0 unspecified atom stereocenters. The first-order valence-corrected chi connectivity index (χ1v) is 9.28. The average molecular weight is 403 g/mol. The van der Waals surface area contributed by atoms with Gasteiger partial charge in [-0.2, -0.15) is 0 Å². The van der Waals surface area contributed by atoms with Crippen LogP contribution < -0.4 is 10.9 Å². The second kappa shape index (κ2) is 8.95. The van der Waals surface area contributed by atoms with Crippen molar-refractivity contribution >= 4 is 34.1 Å². The standard InChI is InChI=1S/C20H20ClFN4O2/c1-2-9-26(12-19(27)23-15-6-4-14(22)5-7-15)11-18-24-17-10-13(21)3-8-16(17)20(28)25-18/h3-8,10H,2,9,11-12H2,1H3,(H,23,27)(H,24,25,28). The number of halogens is 2. The zero-order valence-electron chi connectivity index (χ0n) is 15.3. The van der Waals surface area contributed by atoms with Crippen molar-refractivity contribution in [3.63, 3.8) is 0 Å². The summed E-state index contributed by atoms with van der Waals surface area (Å²) in [5.74, 6) is -0.133. The van der Waals surface area contributed by atoms with Crippen molar-refractivity contribution in [1.29, 1.82) is 0 Å². The molecule has 2 aromatic carbocycles. The van der Waals surface area contributed by atoms with Crippen LogP contribution in [0.3, 0.4) is 0 Å². The summed E-state index contributed by atoms with van der Waals surface area (Å²) in [6.45, 7) is 3.07. The summed E-state index contributed by atoms with van der Waals surface area (Å²) >= 11 is 6.00. The van der Waals surface area contributed by atoms with E-state index in [4.69, 9.17) is 11.6 Å². The van der Waals surface area contributed by atoms with Crippen LogP contribution in [0.15, 0.2) is 47.3 Å². The van der Waals surface area contributed by atoms with Crippen LogP contribution in [0.2, 0.25) is 5.02 Å². The van der Waals surface area contributed by atoms with Crippen LogP contribution in [-0.2, 0) is 11.3 Å². The number of carbonyl (C=O) groups is 1. The first-order chi connectivity index (χ1) is 13.4. The lowest BCUT2D eigenvalue weighted by atomic mass is 10.2. The minimum absolute atomic E-state index is 0.114. The molecule has 1 heterocycles. The molecule has 0 saturated heterocycles. The number of amides is 1. The van der Waals surface area contributed by atoms with E-state index in [0.29, 0.717) is 40.5 Å². The number of benzene rings is 2. The molecule has 0 bridgehead atoms. The van der Waals surface area contributed by atoms with E-state index in [1.165, 1.54) is 24.3 Å². The molecule has 1 aromatic heterocycles. The lowest BCUT2D eigenvalue weighted by Gasteiger charge is -2.20. The summed E-state index contributed by atoms with van der Waals surface area (Å²) in [6.07, 6.45) is 0.827. The van der Waals surface area contributed by atoms with Crippen LogP contribution in [-0.4, -0.2) is 33.9 Å². The topological polar surface area (TPSA) is 78.1 Å². The molecule has 0 spiro atoms. The van der Waals surface area contributed by atoms with E-state index in [0.717, 1.165) is 6.42 Å². The minimum atomic E-state index is -0.364. The van der Waals surface area contributed by atoms with Crippen molar-refractivity contribution in [2.45, 2.75) is 19.9 Å². The van der Waals surface area contributed by atoms with Crippen LogP contribution in [0.5, 0.6) is 0 Å². The van der Waals surface area contributed by atoms with Gasteiger partial charge < -0.3 is 10.3 Å². The van der Waals surface area contributed by atoms with Crippen LogP contribution in [0, 0.1) is 5.82 Å². The largest absolute Gasteiger partial charge is 0.325 e. The molecule has 3 rings (SSSR count). The summed E-state index contributed by atoms with van der Waals surface area (Å²) in [5.41, 5.74) is 0.789. The first kappa shape index (κ1) is 20.0. The maximum Gasteiger partial charge on any atom is 0.258 e. The van der Waals surface area contributed by atoms with Crippen LogP contribution in [0.1, 0.15) is 19.2 Å². The summed E-state index contributed by atoms with van der Waals surface area (Å²) < 4.78 is 13.0. The molecule has 8 heteroatoms. The van der Waals surface area contributed by atoms with Gasteiger partial charge in [-0.15, -0.1) is 0 Å². The summed E-state index contributed by atoms with van der Waals surface area (Å²) in [6, 6.07) is 10.5. The maximum absolute atomic E-state index is 13.0. The minimum Gasteiger partial charge on any atom is -0.325 e. The van der Waals surface area contributed by atoms with Gasteiger partial charge in [0.1, 0.15) is 11.6 Å². The quantitative estimate of drug-likeness (QED) is 0.633. The molecule has 0 aliphatic carbocycles. The third-order valence-electron chi connectivity index (χ3n) is 4.13. The number of H-pyrrole nitrogens is 1. The zero-order valence-corrected chi connectivity index (χ0v) is 16.1. The predicted molar refractivity (Wildman–Crippen MR) is 108 cm³/mol. The molecule has 0 atom stereocenters. The smallest absolute Gasteiger partial charge is 0.258 e. The highest BCUT2D eigenvalue weighted by Gasteiger charge is 2.13. The molecule has 0 aliphatic heterocycles. The molecular weight excluding hydrogens is 383 g/mol. The molecule has 146 valence electrons. The fourth-order valence-electron chi connectivity index (χ4n) is 2.91. The highest BCUT2D eigenvalue weighted by molar-refractivity contribution is 6.31. The van der Waals surface area contributed by atoms with E-state index in [9.17, 15) is 14.0 Å². The first-order valence-electron chi connectivity index (χ1n) is 8.91. The van der Waals surface area contributed by atoms with Gasteiger partial charge in [0.15, 0.2) is 0 Å². The number of hydrogen-bond donors (Lipinski definition) is 2. The Balaban J connectivity index is 1.73. The Hall–Kier alpha value is -2.77. The molecule has 0 radical (unpaired) electrons. The Labute approximate surface area is 166 Å². The van der Waals surface area contributed by atoms with Crippen LogP contribution in [0.25, 0.3) is 10.9 Å². The average Bonchev–Trinajstić information content (AvgIpc) is 2.63. The van der Waals surface area contributed by atoms with Gasteiger partial charge in [0.25, 0.3) is 5.56 Å². The fourth-order valence-corrected chi connectivity index (χ4v) is 3.08. The molecule has 3 aromatic rings. The molecule has 1 amide bonds. The Morgan fingerprint density at radius 1 is 1.25 bits per heavy atom. The van der Waals surface area contributed by atoms with Crippen molar-refractivity contribution in [2.75, 3.05) is 18.4 Å². The molecule has 0 fully saturated rings. The van der Waals surface area contributed by atoms with E-state index < -0.39 is 0 Å². The number of anilines is 1. The lowest BCUT2D eigenvalue weighted by molar-refractivity contribution is -0.117. The number of hydrogen-bond acceptors (Lipinski definition) is 4. The number of rotatable bonds is 7.